The molecule has 1 aromatic rings. The predicted molar refractivity (Wildman–Crippen MR) is 68.6 cm³/mol. The third kappa shape index (κ3) is 3.97. The first kappa shape index (κ1) is 13.2. The summed E-state index contributed by atoms with van der Waals surface area (Å²) < 4.78 is 1.94. The van der Waals surface area contributed by atoms with Crippen molar-refractivity contribution >= 4 is 0 Å². The summed E-state index contributed by atoms with van der Waals surface area (Å²) >= 11 is 0. The number of unbranched alkanes of at least 4 members (excludes halogenated alkanes) is 1. The Morgan fingerprint density at radius 3 is 2.81 bits per heavy atom. The second-order valence-corrected chi connectivity index (χ2v) is 4.63. The van der Waals surface area contributed by atoms with Crippen molar-refractivity contribution in [2.45, 2.75) is 52.5 Å². The molecule has 1 rings (SSSR count). The molecule has 0 radical (unpaired) electrons. The van der Waals surface area contributed by atoms with Crippen molar-refractivity contribution in [1.82, 2.24) is 15.1 Å². The van der Waals surface area contributed by atoms with E-state index in [0.717, 1.165) is 13.0 Å². The SMILES string of the molecule is CCCCC(C)NCCc1cnn(C)c1C. The largest absolute Gasteiger partial charge is 0.314 e. The minimum absolute atomic E-state index is 0.636. The van der Waals surface area contributed by atoms with E-state index >= 15 is 0 Å². The molecule has 0 saturated carbocycles. The first-order chi connectivity index (χ1) is 7.65. The molecular formula is C13H25N3. The lowest BCUT2D eigenvalue weighted by Gasteiger charge is -2.12. The Labute approximate surface area is 99.2 Å². The van der Waals surface area contributed by atoms with E-state index < -0.39 is 0 Å². The van der Waals surface area contributed by atoms with Crippen LogP contribution in [0.1, 0.15) is 44.4 Å². The van der Waals surface area contributed by atoms with Gasteiger partial charge in [0.05, 0.1) is 6.20 Å². The van der Waals surface area contributed by atoms with Crippen molar-refractivity contribution in [1.29, 1.82) is 0 Å². The summed E-state index contributed by atoms with van der Waals surface area (Å²) in [6.45, 7) is 7.69. The first-order valence-corrected chi connectivity index (χ1v) is 6.36. The van der Waals surface area contributed by atoms with E-state index in [9.17, 15) is 0 Å². The minimum atomic E-state index is 0.636. The van der Waals surface area contributed by atoms with Crippen LogP contribution in [0, 0.1) is 6.92 Å². The number of hydrogen-bond acceptors (Lipinski definition) is 2. The highest BCUT2D eigenvalue weighted by Crippen LogP contribution is 2.06. The average molecular weight is 223 g/mol. The molecule has 1 unspecified atom stereocenters. The Hall–Kier alpha value is -0.830. The zero-order valence-electron chi connectivity index (χ0n) is 11.1. The fraction of sp³-hybridized carbons (Fsp3) is 0.769. The van der Waals surface area contributed by atoms with Gasteiger partial charge in [-0.25, -0.2) is 0 Å². The van der Waals surface area contributed by atoms with E-state index in [0.29, 0.717) is 6.04 Å². The molecule has 0 amide bonds. The van der Waals surface area contributed by atoms with Gasteiger partial charge < -0.3 is 5.32 Å². The van der Waals surface area contributed by atoms with E-state index in [1.165, 1.54) is 30.5 Å². The van der Waals surface area contributed by atoms with Gasteiger partial charge in [0.25, 0.3) is 0 Å². The monoisotopic (exact) mass is 223 g/mol. The summed E-state index contributed by atoms with van der Waals surface area (Å²) in [6.07, 6.45) is 6.94. The average Bonchev–Trinajstić information content (AvgIpc) is 2.58. The molecule has 3 nitrogen and oxygen atoms in total. The van der Waals surface area contributed by atoms with Crippen molar-refractivity contribution in [2.24, 2.45) is 7.05 Å². The van der Waals surface area contributed by atoms with Gasteiger partial charge in [-0.1, -0.05) is 19.8 Å². The van der Waals surface area contributed by atoms with Gasteiger partial charge >= 0.3 is 0 Å². The van der Waals surface area contributed by atoms with Gasteiger partial charge in [0.15, 0.2) is 0 Å². The van der Waals surface area contributed by atoms with E-state index in [4.69, 9.17) is 0 Å². The molecule has 1 heterocycles. The van der Waals surface area contributed by atoms with Crippen molar-refractivity contribution in [3.05, 3.63) is 17.5 Å². The van der Waals surface area contributed by atoms with Crippen LogP contribution in [0.2, 0.25) is 0 Å². The third-order valence-corrected chi connectivity index (χ3v) is 3.21. The number of hydrogen-bond donors (Lipinski definition) is 1. The van der Waals surface area contributed by atoms with Crippen molar-refractivity contribution < 1.29 is 0 Å². The van der Waals surface area contributed by atoms with Gasteiger partial charge in [0.2, 0.25) is 0 Å². The maximum atomic E-state index is 4.25. The summed E-state index contributed by atoms with van der Waals surface area (Å²) in [5.74, 6) is 0. The molecule has 16 heavy (non-hydrogen) atoms. The molecule has 1 aromatic heterocycles. The molecule has 0 aliphatic rings. The quantitative estimate of drug-likeness (QED) is 0.769. The molecule has 0 aliphatic carbocycles. The highest BCUT2D eigenvalue weighted by molar-refractivity contribution is 5.15. The highest BCUT2D eigenvalue weighted by atomic mass is 15.3. The van der Waals surface area contributed by atoms with Crippen LogP contribution in [0.15, 0.2) is 6.20 Å². The molecule has 0 aliphatic heterocycles. The third-order valence-electron chi connectivity index (χ3n) is 3.21. The van der Waals surface area contributed by atoms with Crippen LogP contribution in [0.5, 0.6) is 0 Å². The standard InChI is InChI=1S/C13H25N3/c1-5-6-7-11(2)14-9-8-13-10-15-16(4)12(13)3/h10-11,14H,5-9H2,1-4H3. The minimum Gasteiger partial charge on any atom is -0.314 e. The summed E-state index contributed by atoms with van der Waals surface area (Å²) in [6, 6.07) is 0.636. The lowest BCUT2D eigenvalue weighted by atomic mass is 10.1. The summed E-state index contributed by atoms with van der Waals surface area (Å²) in [5, 5.41) is 7.82. The Balaban J connectivity index is 2.22. The Bertz CT molecular complexity index is 304. The Morgan fingerprint density at radius 1 is 1.50 bits per heavy atom. The maximum Gasteiger partial charge on any atom is 0.0524 e. The molecule has 92 valence electrons. The number of aryl methyl sites for hydroxylation is 1. The van der Waals surface area contributed by atoms with Crippen LogP contribution in [-0.2, 0) is 13.5 Å². The lowest BCUT2D eigenvalue weighted by molar-refractivity contribution is 0.498. The molecule has 1 atom stereocenters. The smallest absolute Gasteiger partial charge is 0.0524 e. The van der Waals surface area contributed by atoms with Crippen LogP contribution in [0.25, 0.3) is 0 Å². The highest BCUT2D eigenvalue weighted by Gasteiger charge is 2.04. The van der Waals surface area contributed by atoms with Crippen LogP contribution in [0.4, 0.5) is 0 Å². The van der Waals surface area contributed by atoms with Crippen LogP contribution < -0.4 is 5.32 Å². The lowest BCUT2D eigenvalue weighted by Crippen LogP contribution is -2.28. The van der Waals surface area contributed by atoms with Crippen molar-refractivity contribution in [2.75, 3.05) is 6.54 Å². The van der Waals surface area contributed by atoms with E-state index in [-0.39, 0.29) is 0 Å². The van der Waals surface area contributed by atoms with Gasteiger partial charge in [0.1, 0.15) is 0 Å². The van der Waals surface area contributed by atoms with Gasteiger partial charge in [-0.15, -0.1) is 0 Å². The number of aromatic nitrogens is 2. The van der Waals surface area contributed by atoms with Gasteiger partial charge in [-0.2, -0.15) is 5.10 Å². The van der Waals surface area contributed by atoms with E-state index in [2.05, 4.69) is 31.2 Å². The van der Waals surface area contributed by atoms with Crippen LogP contribution in [-0.4, -0.2) is 22.4 Å². The second-order valence-electron chi connectivity index (χ2n) is 4.63. The van der Waals surface area contributed by atoms with Crippen LogP contribution in [0.3, 0.4) is 0 Å². The summed E-state index contributed by atoms with van der Waals surface area (Å²) in [4.78, 5) is 0. The van der Waals surface area contributed by atoms with Crippen molar-refractivity contribution in [3.8, 4) is 0 Å². The second kappa shape index (κ2) is 6.69. The normalized spacial score (nSPS) is 13.0. The summed E-state index contributed by atoms with van der Waals surface area (Å²) in [7, 11) is 2.00. The Kier molecular flexibility index (Phi) is 5.53. The van der Waals surface area contributed by atoms with E-state index in [1.807, 2.05) is 17.9 Å². The Morgan fingerprint density at radius 2 is 2.25 bits per heavy atom. The fourth-order valence-corrected chi connectivity index (χ4v) is 1.86. The van der Waals surface area contributed by atoms with Crippen molar-refractivity contribution in [3.63, 3.8) is 0 Å². The molecule has 0 fully saturated rings. The molecule has 0 bridgehead atoms. The van der Waals surface area contributed by atoms with Gasteiger partial charge in [-0.3, -0.25) is 4.68 Å². The van der Waals surface area contributed by atoms with Gasteiger partial charge in [-0.05, 0) is 38.8 Å². The molecule has 1 N–H and O–H groups in total. The van der Waals surface area contributed by atoms with E-state index in [1.54, 1.807) is 0 Å². The number of rotatable bonds is 7. The molecular weight excluding hydrogens is 198 g/mol. The molecule has 0 spiro atoms. The zero-order valence-corrected chi connectivity index (χ0v) is 11.1. The topological polar surface area (TPSA) is 29.9 Å². The number of nitrogens with one attached hydrogen (secondary N) is 1. The first-order valence-electron chi connectivity index (χ1n) is 6.36. The van der Waals surface area contributed by atoms with Gasteiger partial charge in [0, 0.05) is 18.8 Å². The van der Waals surface area contributed by atoms with Crippen LogP contribution >= 0.6 is 0 Å². The zero-order chi connectivity index (χ0) is 12.0. The predicted octanol–water partition coefficient (Wildman–Crippen LogP) is 2.44. The molecule has 0 aromatic carbocycles. The molecule has 0 saturated heterocycles. The maximum absolute atomic E-state index is 4.25. The fourth-order valence-electron chi connectivity index (χ4n) is 1.86. The molecule has 3 heteroatoms. The number of nitrogens with zero attached hydrogens (tertiary/aromatic N) is 2. The summed E-state index contributed by atoms with van der Waals surface area (Å²) in [5.41, 5.74) is 2.64.